The first kappa shape index (κ1) is 13.9. The van der Waals surface area contributed by atoms with Crippen molar-refractivity contribution in [1.82, 2.24) is 4.98 Å². The summed E-state index contributed by atoms with van der Waals surface area (Å²) in [5, 5.41) is 0. The van der Waals surface area contributed by atoms with E-state index in [1.54, 1.807) is 13.3 Å². The quantitative estimate of drug-likeness (QED) is 0.818. The zero-order chi connectivity index (χ0) is 13.8. The molecule has 104 valence electrons. The molecule has 1 aromatic heterocycles. The number of allylic oxidation sites excluding steroid dienone is 1. The summed E-state index contributed by atoms with van der Waals surface area (Å²) in [6.07, 6.45) is 8.65. The van der Waals surface area contributed by atoms with E-state index >= 15 is 0 Å². The van der Waals surface area contributed by atoms with Gasteiger partial charge in [0.1, 0.15) is 11.4 Å². The summed E-state index contributed by atoms with van der Waals surface area (Å²) < 4.78 is 5.47. The van der Waals surface area contributed by atoms with Gasteiger partial charge >= 0.3 is 0 Å². The van der Waals surface area contributed by atoms with Gasteiger partial charge in [0.05, 0.1) is 13.3 Å². The molecular formula is C16H24N2O. The highest BCUT2D eigenvalue weighted by Gasteiger charge is 2.26. The maximum atomic E-state index is 5.47. The van der Waals surface area contributed by atoms with Crippen molar-refractivity contribution in [3.05, 3.63) is 30.7 Å². The fourth-order valence-corrected chi connectivity index (χ4v) is 2.94. The molecule has 3 nitrogen and oxygen atoms in total. The smallest absolute Gasteiger partial charge is 0.145 e. The fourth-order valence-electron chi connectivity index (χ4n) is 2.94. The Labute approximate surface area is 116 Å². The van der Waals surface area contributed by atoms with Gasteiger partial charge in [0.25, 0.3) is 0 Å². The molecule has 2 rings (SSSR count). The number of methoxy groups -OCH3 is 1. The van der Waals surface area contributed by atoms with Crippen molar-refractivity contribution in [2.45, 2.75) is 45.6 Å². The van der Waals surface area contributed by atoms with Crippen LogP contribution in [-0.2, 0) is 0 Å². The van der Waals surface area contributed by atoms with Crippen molar-refractivity contribution in [2.24, 2.45) is 5.92 Å². The Hall–Kier alpha value is -1.51. The molecule has 0 atom stereocenters. The molecule has 1 aliphatic rings. The summed E-state index contributed by atoms with van der Waals surface area (Å²) in [5.74, 6) is 1.72. The van der Waals surface area contributed by atoms with Crippen LogP contribution in [-0.4, -0.2) is 18.1 Å². The average molecular weight is 260 g/mol. The molecule has 1 aliphatic carbocycles. The van der Waals surface area contributed by atoms with Crippen molar-refractivity contribution in [1.29, 1.82) is 0 Å². The minimum Gasteiger partial charge on any atom is -0.494 e. The van der Waals surface area contributed by atoms with E-state index in [0.717, 1.165) is 23.1 Å². The highest BCUT2D eigenvalue weighted by Crippen LogP contribution is 2.36. The van der Waals surface area contributed by atoms with Crippen molar-refractivity contribution < 1.29 is 4.74 Å². The van der Waals surface area contributed by atoms with Crippen molar-refractivity contribution in [3.63, 3.8) is 0 Å². The molecule has 1 fully saturated rings. The maximum Gasteiger partial charge on any atom is 0.145 e. The highest BCUT2D eigenvalue weighted by atomic mass is 16.5. The number of hydrogen-bond acceptors (Lipinski definition) is 3. The lowest BCUT2D eigenvalue weighted by Crippen LogP contribution is -2.36. The summed E-state index contributed by atoms with van der Waals surface area (Å²) >= 11 is 0. The van der Waals surface area contributed by atoms with E-state index < -0.39 is 0 Å². The second-order valence-corrected chi connectivity index (χ2v) is 5.57. The molecule has 1 heterocycles. The van der Waals surface area contributed by atoms with Crippen molar-refractivity contribution >= 4 is 5.69 Å². The number of anilines is 1. The lowest BCUT2D eigenvalue weighted by Gasteiger charge is -2.38. The number of rotatable bonds is 4. The minimum absolute atomic E-state index is 0.520. The molecule has 19 heavy (non-hydrogen) atoms. The molecule has 1 saturated carbocycles. The number of ether oxygens (including phenoxy) is 1. The normalized spacial score (nSPS) is 22.9. The van der Waals surface area contributed by atoms with Crippen molar-refractivity contribution in [2.75, 3.05) is 12.0 Å². The monoisotopic (exact) mass is 260 g/mol. The lowest BCUT2D eigenvalue weighted by molar-refractivity contribution is 0.339. The third-order valence-electron chi connectivity index (χ3n) is 4.00. The standard InChI is InChI=1S/C16H24N2O/c1-12(2)18(14-7-5-13(3)6-8-14)15-11-17-10-9-16(15)19-4/h9-11,13-14H,1,5-8H2,2-4H3. The maximum absolute atomic E-state index is 5.47. The van der Waals surface area contributed by atoms with Gasteiger partial charge in [-0.25, -0.2) is 0 Å². The van der Waals surface area contributed by atoms with Gasteiger partial charge in [-0.3, -0.25) is 4.98 Å². The third-order valence-corrected chi connectivity index (χ3v) is 4.00. The topological polar surface area (TPSA) is 25.4 Å². The van der Waals surface area contributed by atoms with E-state index in [1.807, 2.05) is 12.3 Å². The van der Waals surface area contributed by atoms with Crippen LogP contribution in [0.5, 0.6) is 5.75 Å². The van der Waals surface area contributed by atoms with Crippen LogP contribution in [0, 0.1) is 5.92 Å². The van der Waals surface area contributed by atoms with Gasteiger partial charge in [-0.05, 0) is 38.5 Å². The van der Waals surface area contributed by atoms with Gasteiger partial charge in [-0.1, -0.05) is 13.5 Å². The Balaban J connectivity index is 2.27. The van der Waals surface area contributed by atoms with E-state index in [4.69, 9.17) is 4.74 Å². The van der Waals surface area contributed by atoms with Gasteiger partial charge in [0.2, 0.25) is 0 Å². The molecule has 0 spiro atoms. The summed E-state index contributed by atoms with van der Waals surface area (Å²) in [5.41, 5.74) is 2.10. The van der Waals surface area contributed by atoms with Crippen LogP contribution in [0.1, 0.15) is 39.5 Å². The SMILES string of the molecule is C=C(C)N(c1cnccc1OC)C1CCC(C)CC1. The molecule has 1 aromatic rings. The lowest BCUT2D eigenvalue weighted by atomic mass is 9.86. The van der Waals surface area contributed by atoms with Crippen LogP contribution >= 0.6 is 0 Å². The zero-order valence-electron chi connectivity index (χ0n) is 12.2. The number of aromatic nitrogens is 1. The Kier molecular flexibility index (Phi) is 4.46. The van der Waals surface area contributed by atoms with Gasteiger partial charge in [0.15, 0.2) is 0 Å². The van der Waals surface area contributed by atoms with E-state index in [0.29, 0.717) is 6.04 Å². The molecule has 0 radical (unpaired) electrons. The Morgan fingerprint density at radius 1 is 1.37 bits per heavy atom. The minimum atomic E-state index is 0.520. The molecule has 0 aromatic carbocycles. The zero-order valence-corrected chi connectivity index (χ0v) is 12.2. The molecule has 0 unspecified atom stereocenters. The molecule has 0 N–H and O–H groups in total. The largest absolute Gasteiger partial charge is 0.494 e. The average Bonchev–Trinajstić information content (AvgIpc) is 2.41. The predicted octanol–water partition coefficient (Wildman–Crippen LogP) is 4.01. The summed E-state index contributed by atoms with van der Waals surface area (Å²) in [6.45, 7) is 8.54. The molecule has 0 saturated heterocycles. The third kappa shape index (κ3) is 3.09. The van der Waals surface area contributed by atoms with Gasteiger partial charge < -0.3 is 9.64 Å². The molecular weight excluding hydrogens is 236 g/mol. The van der Waals surface area contributed by atoms with E-state index in [1.165, 1.54) is 25.7 Å². The summed E-state index contributed by atoms with van der Waals surface area (Å²) in [4.78, 5) is 6.55. The highest BCUT2D eigenvalue weighted by molar-refractivity contribution is 5.60. The summed E-state index contributed by atoms with van der Waals surface area (Å²) in [7, 11) is 1.71. The van der Waals surface area contributed by atoms with Crippen LogP contribution in [0.4, 0.5) is 5.69 Å². The van der Waals surface area contributed by atoms with Gasteiger partial charge in [-0.2, -0.15) is 0 Å². The van der Waals surface area contributed by atoms with Crippen LogP contribution in [0.15, 0.2) is 30.7 Å². The second kappa shape index (κ2) is 6.09. The summed E-state index contributed by atoms with van der Waals surface area (Å²) in [6, 6.07) is 2.43. The van der Waals surface area contributed by atoms with Crippen LogP contribution in [0.2, 0.25) is 0 Å². The van der Waals surface area contributed by atoms with E-state index in [9.17, 15) is 0 Å². The van der Waals surface area contributed by atoms with Gasteiger partial charge in [0, 0.05) is 24.0 Å². The van der Waals surface area contributed by atoms with Crippen molar-refractivity contribution in [3.8, 4) is 5.75 Å². The molecule has 0 aliphatic heterocycles. The Bertz CT molecular complexity index is 436. The first-order valence-electron chi connectivity index (χ1n) is 7.06. The molecule has 3 heteroatoms. The Morgan fingerprint density at radius 2 is 2.05 bits per heavy atom. The van der Waals surface area contributed by atoms with Gasteiger partial charge in [-0.15, -0.1) is 0 Å². The van der Waals surface area contributed by atoms with Crippen LogP contribution < -0.4 is 9.64 Å². The number of pyridine rings is 1. The number of nitrogens with zero attached hydrogens (tertiary/aromatic N) is 2. The first-order chi connectivity index (χ1) is 9.13. The Morgan fingerprint density at radius 3 is 2.63 bits per heavy atom. The van der Waals surface area contributed by atoms with Crippen LogP contribution in [0.3, 0.4) is 0 Å². The fraction of sp³-hybridized carbons (Fsp3) is 0.562. The van der Waals surface area contributed by atoms with Crippen LogP contribution in [0.25, 0.3) is 0 Å². The van der Waals surface area contributed by atoms with E-state index in [-0.39, 0.29) is 0 Å². The molecule has 0 amide bonds. The number of hydrogen-bond donors (Lipinski definition) is 0. The predicted molar refractivity (Wildman–Crippen MR) is 79.5 cm³/mol. The molecule has 0 bridgehead atoms. The van der Waals surface area contributed by atoms with E-state index in [2.05, 4.69) is 30.3 Å². The first-order valence-corrected chi connectivity index (χ1v) is 7.06. The second-order valence-electron chi connectivity index (χ2n) is 5.57.